The number of rotatable bonds is 4. The highest BCUT2D eigenvalue weighted by Crippen LogP contribution is 2.30. The lowest BCUT2D eigenvalue weighted by Gasteiger charge is -2.29. The molecule has 0 saturated heterocycles. The number of benzene rings is 2. The Bertz CT molecular complexity index is 1070. The summed E-state index contributed by atoms with van der Waals surface area (Å²) in [5.74, 6) is 1.29. The standard InChI is InChI=1S/C24H26N2O3/c1-15-8-10-21-19(12-15)6-5-11-26(21)24(27)23-20(18(4)29-25-23)14-28-22-13-16(2)7-9-17(22)3/h7-10,12-13H,5-6,11,14H2,1-4H3. The lowest BCUT2D eigenvalue weighted by molar-refractivity contribution is 0.0974. The summed E-state index contributed by atoms with van der Waals surface area (Å²) in [6, 6.07) is 12.3. The van der Waals surface area contributed by atoms with Crippen LogP contribution in [0.2, 0.25) is 0 Å². The van der Waals surface area contributed by atoms with Gasteiger partial charge in [-0.05, 0) is 69.4 Å². The molecule has 4 rings (SSSR count). The molecule has 1 amide bonds. The van der Waals surface area contributed by atoms with Crippen molar-refractivity contribution in [1.29, 1.82) is 0 Å². The van der Waals surface area contributed by atoms with Gasteiger partial charge in [0.05, 0.1) is 5.56 Å². The molecule has 0 N–H and O–H groups in total. The molecule has 0 radical (unpaired) electrons. The highest BCUT2D eigenvalue weighted by Gasteiger charge is 2.29. The Labute approximate surface area is 171 Å². The number of carbonyl (C=O) groups is 1. The quantitative estimate of drug-likeness (QED) is 0.623. The number of nitrogens with zero attached hydrogens (tertiary/aromatic N) is 2. The third kappa shape index (κ3) is 3.77. The predicted octanol–water partition coefficient (Wildman–Crippen LogP) is 5.08. The van der Waals surface area contributed by atoms with E-state index < -0.39 is 0 Å². The fourth-order valence-electron chi connectivity index (χ4n) is 3.81. The number of fused-ring (bicyclic) bond motifs is 1. The number of hydrogen-bond acceptors (Lipinski definition) is 4. The van der Waals surface area contributed by atoms with Gasteiger partial charge in [-0.25, -0.2) is 0 Å². The lowest BCUT2D eigenvalue weighted by Crippen LogP contribution is -2.36. The van der Waals surface area contributed by atoms with E-state index >= 15 is 0 Å². The van der Waals surface area contributed by atoms with Crippen LogP contribution in [0.3, 0.4) is 0 Å². The summed E-state index contributed by atoms with van der Waals surface area (Å²) < 4.78 is 11.4. The van der Waals surface area contributed by atoms with Crippen molar-refractivity contribution in [3.63, 3.8) is 0 Å². The smallest absolute Gasteiger partial charge is 0.280 e. The second-order valence-electron chi connectivity index (χ2n) is 7.82. The highest BCUT2D eigenvalue weighted by molar-refractivity contribution is 6.06. The minimum absolute atomic E-state index is 0.133. The van der Waals surface area contributed by atoms with Crippen LogP contribution in [-0.2, 0) is 13.0 Å². The number of aryl methyl sites for hydroxylation is 5. The first-order chi connectivity index (χ1) is 13.9. The maximum absolute atomic E-state index is 13.4. The van der Waals surface area contributed by atoms with Crippen molar-refractivity contribution in [2.75, 3.05) is 11.4 Å². The van der Waals surface area contributed by atoms with Crippen molar-refractivity contribution in [3.05, 3.63) is 75.7 Å². The van der Waals surface area contributed by atoms with Crippen molar-refractivity contribution in [2.24, 2.45) is 0 Å². The maximum Gasteiger partial charge on any atom is 0.280 e. The van der Waals surface area contributed by atoms with Gasteiger partial charge in [0.2, 0.25) is 0 Å². The Morgan fingerprint density at radius 3 is 2.69 bits per heavy atom. The van der Waals surface area contributed by atoms with Crippen LogP contribution in [0.4, 0.5) is 5.69 Å². The van der Waals surface area contributed by atoms with E-state index in [9.17, 15) is 4.79 Å². The SMILES string of the molecule is Cc1ccc2c(c1)CCCN2C(=O)c1noc(C)c1COc1cc(C)ccc1C. The Kier molecular flexibility index (Phi) is 5.14. The fraction of sp³-hybridized carbons (Fsp3) is 0.333. The van der Waals surface area contributed by atoms with Crippen molar-refractivity contribution >= 4 is 11.6 Å². The molecule has 0 aliphatic carbocycles. The summed E-state index contributed by atoms with van der Waals surface area (Å²) in [5.41, 5.74) is 6.60. The molecule has 5 heteroatoms. The summed E-state index contributed by atoms with van der Waals surface area (Å²) in [6.45, 7) is 8.85. The zero-order valence-electron chi connectivity index (χ0n) is 17.4. The maximum atomic E-state index is 13.4. The predicted molar refractivity (Wildman–Crippen MR) is 113 cm³/mol. The summed E-state index contributed by atoms with van der Waals surface area (Å²) in [5, 5.41) is 4.09. The second-order valence-corrected chi connectivity index (χ2v) is 7.82. The van der Waals surface area contributed by atoms with Crippen molar-refractivity contribution in [3.8, 4) is 5.75 Å². The summed E-state index contributed by atoms with van der Waals surface area (Å²) >= 11 is 0. The van der Waals surface area contributed by atoms with E-state index in [4.69, 9.17) is 9.26 Å². The van der Waals surface area contributed by atoms with Crippen LogP contribution >= 0.6 is 0 Å². The van der Waals surface area contributed by atoms with Crippen LogP contribution in [0.15, 0.2) is 40.9 Å². The van der Waals surface area contributed by atoms with Gasteiger partial charge in [-0.1, -0.05) is 35.0 Å². The minimum Gasteiger partial charge on any atom is -0.488 e. The molecule has 0 bridgehead atoms. The van der Waals surface area contributed by atoms with Gasteiger partial charge >= 0.3 is 0 Å². The molecule has 0 saturated carbocycles. The molecular weight excluding hydrogens is 364 g/mol. The van der Waals surface area contributed by atoms with E-state index in [1.807, 2.05) is 49.9 Å². The van der Waals surface area contributed by atoms with Crippen molar-refractivity contribution < 1.29 is 14.1 Å². The molecule has 2 aromatic carbocycles. The van der Waals surface area contributed by atoms with Gasteiger partial charge in [-0.15, -0.1) is 0 Å². The second kappa shape index (κ2) is 7.74. The first-order valence-corrected chi connectivity index (χ1v) is 10.0. The molecule has 0 fully saturated rings. The number of aromatic nitrogens is 1. The van der Waals surface area contributed by atoms with Gasteiger partial charge in [0, 0.05) is 12.2 Å². The van der Waals surface area contributed by atoms with E-state index in [2.05, 4.69) is 24.2 Å². The zero-order chi connectivity index (χ0) is 20.5. The normalized spacial score (nSPS) is 13.3. The molecule has 29 heavy (non-hydrogen) atoms. The molecule has 150 valence electrons. The molecule has 0 unspecified atom stereocenters. The average Bonchev–Trinajstić information content (AvgIpc) is 3.07. The van der Waals surface area contributed by atoms with E-state index in [-0.39, 0.29) is 12.5 Å². The van der Waals surface area contributed by atoms with Crippen molar-refractivity contribution in [1.82, 2.24) is 5.16 Å². The van der Waals surface area contributed by atoms with Crippen LogP contribution in [-0.4, -0.2) is 17.6 Å². The molecule has 1 aromatic heterocycles. The first-order valence-electron chi connectivity index (χ1n) is 10.0. The van der Waals surface area contributed by atoms with Crippen LogP contribution in [0.25, 0.3) is 0 Å². The molecule has 0 atom stereocenters. The van der Waals surface area contributed by atoms with E-state index in [0.717, 1.165) is 35.4 Å². The molecule has 0 spiro atoms. The monoisotopic (exact) mass is 390 g/mol. The van der Waals surface area contributed by atoms with Gasteiger partial charge in [0.15, 0.2) is 5.69 Å². The lowest BCUT2D eigenvalue weighted by atomic mass is 9.99. The number of anilines is 1. The largest absolute Gasteiger partial charge is 0.488 e. The summed E-state index contributed by atoms with van der Waals surface area (Å²) in [4.78, 5) is 15.2. The zero-order valence-corrected chi connectivity index (χ0v) is 17.4. The first kappa shape index (κ1) is 19.2. The molecule has 1 aliphatic heterocycles. The van der Waals surface area contributed by atoms with Crippen molar-refractivity contribution in [2.45, 2.75) is 47.1 Å². The van der Waals surface area contributed by atoms with E-state index in [0.29, 0.717) is 23.6 Å². The number of carbonyl (C=O) groups excluding carboxylic acids is 1. The van der Waals surface area contributed by atoms with Gasteiger partial charge < -0.3 is 14.2 Å². The van der Waals surface area contributed by atoms with Gasteiger partial charge in [-0.3, -0.25) is 4.79 Å². The Morgan fingerprint density at radius 1 is 1.10 bits per heavy atom. The number of ether oxygens (including phenoxy) is 1. The molecular formula is C24H26N2O3. The van der Waals surface area contributed by atoms with Crippen LogP contribution in [0, 0.1) is 27.7 Å². The molecule has 5 nitrogen and oxygen atoms in total. The van der Waals surface area contributed by atoms with E-state index in [1.165, 1.54) is 11.1 Å². The summed E-state index contributed by atoms with van der Waals surface area (Å²) in [6.07, 6.45) is 1.93. The minimum atomic E-state index is -0.133. The third-order valence-electron chi connectivity index (χ3n) is 5.50. The molecule has 1 aliphatic rings. The number of hydrogen-bond donors (Lipinski definition) is 0. The average molecular weight is 390 g/mol. The van der Waals surface area contributed by atoms with Gasteiger partial charge in [0.25, 0.3) is 5.91 Å². The van der Waals surface area contributed by atoms with E-state index in [1.54, 1.807) is 0 Å². The topological polar surface area (TPSA) is 55.6 Å². The highest BCUT2D eigenvalue weighted by atomic mass is 16.5. The van der Waals surface area contributed by atoms with Crippen LogP contribution < -0.4 is 9.64 Å². The Balaban J connectivity index is 1.61. The third-order valence-corrected chi connectivity index (χ3v) is 5.50. The Hall–Kier alpha value is -3.08. The molecule has 3 aromatic rings. The van der Waals surface area contributed by atoms with Gasteiger partial charge in [-0.2, -0.15) is 0 Å². The summed E-state index contributed by atoms with van der Waals surface area (Å²) in [7, 11) is 0. The molecule has 2 heterocycles. The van der Waals surface area contributed by atoms with Gasteiger partial charge in [0.1, 0.15) is 18.1 Å². The fourth-order valence-corrected chi connectivity index (χ4v) is 3.81. The number of amides is 1. The Morgan fingerprint density at radius 2 is 1.86 bits per heavy atom. The van der Waals surface area contributed by atoms with Crippen LogP contribution in [0.5, 0.6) is 5.75 Å². The van der Waals surface area contributed by atoms with Crippen LogP contribution in [0.1, 0.15) is 50.5 Å².